The van der Waals surface area contributed by atoms with Gasteiger partial charge in [0.2, 0.25) is 5.91 Å². The van der Waals surface area contributed by atoms with E-state index in [0.717, 1.165) is 32.6 Å². The highest BCUT2D eigenvalue weighted by molar-refractivity contribution is 5.85. The molecule has 2 atom stereocenters. The molecular weight excluding hydrogens is 296 g/mol. The van der Waals surface area contributed by atoms with Crippen LogP contribution in [0.1, 0.15) is 38.2 Å². The Balaban J connectivity index is 0.00000176. The molecule has 1 aliphatic heterocycles. The number of fused-ring (bicyclic) bond motifs is 1. The molecule has 1 saturated carbocycles. The average molecular weight is 323 g/mol. The predicted molar refractivity (Wildman–Crippen MR) is 92.0 cm³/mol. The average Bonchev–Trinajstić information content (AvgIpc) is 2.98. The van der Waals surface area contributed by atoms with Crippen LogP contribution in [0, 0.1) is 11.3 Å². The molecule has 22 heavy (non-hydrogen) atoms. The van der Waals surface area contributed by atoms with Gasteiger partial charge in [-0.3, -0.25) is 4.79 Å². The molecule has 0 spiro atoms. The Hall–Kier alpha value is -1.06. The molecule has 1 heterocycles. The summed E-state index contributed by atoms with van der Waals surface area (Å²) in [6, 6.07) is 10.3. The van der Waals surface area contributed by atoms with E-state index < -0.39 is 0 Å². The molecule has 1 aliphatic carbocycles. The standard InChI is InChI=1S/C18H26N2O.ClH/c1-2-20(13-15-8-4-3-5-9-15)17(21)18-11-7-6-10-16(18)12-19-14-18;/h3-5,8-9,16,19H,2,6-7,10-14H2,1H3;1H/t16-,18+;/m0./s1. The van der Waals surface area contributed by atoms with Crippen LogP contribution in [0.2, 0.25) is 0 Å². The van der Waals surface area contributed by atoms with E-state index >= 15 is 0 Å². The minimum absolute atomic E-state index is 0. The van der Waals surface area contributed by atoms with Crippen molar-refractivity contribution in [3.63, 3.8) is 0 Å². The Bertz CT molecular complexity index is 493. The lowest BCUT2D eigenvalue weighted by Crippen LogP contribution is -2.49. The van der Waals surface area contributed by atoms with Gasteiger partial charge in [0.25, 0.3) is 0 Å². The van der Waals surface area contributed by atoms with E-state index in [2.05, 4.69) is 29.3 Å². The molecule has 0 unspecified atom stereocenters. The van der Waals surface area contributed by atoms with E-state index in [1.165, 1.54) is 24.8 Å². The molecule has 4 heteroatoms. The first kappa shape index (κ1) is 17.3. The van der Waals surface area contributed by atoms with Crippen LogP contribution in [0.25, 0.3) is 0 Å². The van der Waals surface area contributed by atoms with Crippen LogP contribution in [0.3, 0.4) is 0 Å². The van der Waals surface area contributed by atoms with Gasteiger partial charge in [-0.25, -0.2) is 0 Å². The fourth-order valence-electron chi connectivity index (χ4n) is 4.11. The fourth-order valence-corrected chi connectivity index (χ4v) is 4.11. The Labute approximate surface area is 139 Å². The van der Waals surface area contributed by atoms with E-state index in [-0.39, 0.29) is 17.8 Å². The van der Waals surface area contributed by atoms with Crippen molar-refractivity contribution in [2.45, 2.75) is 39.2 Å². The zero-order valence-electron chi connectivity index (χ0n) is 13.4. The maximum absolute atomic E-state index is 13.2. The number of rotatable bonds is 4. The summed E-state index contributed by atoms with van der Waals surface area (Å²) in [4.78, 5) is 15.3. The summed E-state index contributed by atoms with van der Waals surface area (Å²) in [5, 5.41) is 3.48. The van der Waals surface area contributed by atoms with Crippen molar-refractivity contribution in [1.29, 1.82) is 0 Å². The molecule has 1 amide bonds. The number of benzene rings is 1. The Morgan fingerprint density at radius 1 is 1.32 bits per heavy atom. The normalized spacial score (nSPS) is 26.9. The summed E-state index contributed by atoms with van der Waals surface area (Å²) in [6.45, 7) is 5.53. The van der Waals surface area contributed by atoms with Crippen LogP contribution in [0.5, 0.6) is 0 Å². The highest BCUT2D eigenvalue weighted by Crippen LogP contribution is 2.45. The predicted octanol–water partition coefficient (Wildman–Crippen LogP) is 3.24. The summed E-state index contributed by atoms with van der Waals surface area (Å²) in [5.74, 6) is 0.923. The molecule has 0 bridgehead atoms. The SMILES string of the molecule is CCN(Cc1ccccc1)C(=O)[C@@]12CCCC[C@H]1CNC2.Cl. The van der Waals surface area contributed by atoms with Crippen molar-refractivity contribution in [3.8, 4) is 0 Å². The van der Waals surface area contributed by atoms with Gasteiger partial charge in [-0.2, -0.15) is 0 Å². The first-order valence-electron chi connectivity index (χ1n) is 8.30. The smallest absolute Gasteiger partial charge is 0.230 e. The second-order valence-electron chi connectivity index (χ2n) is 6.53. The Kier molecular flexibility index (Phi) is 5.87. The number of carbonyl (C=O) groups excluding carboxylic acids is 1. The molecule has 3 rings (SSSR count). The van der Waals surface area contributed by atoms with Crippen LogP contribution in [0.15, 0.2) is 30.3 Å². The minimum Gasteiger partial charge on any atom is -0.338 e. The largest absolute Gasteiger partial charge is 0.338 e. The van der Waals surface area contributed by atoms with Crippen molar-refractivity contribution in [1.82, 2.24) is 10.2 Å². The summed E-state index contributed by atoms with van der Waals surface area (Å²) in [7, 11) is 0. The van der Waals surface area contributed by atoms with E-state index in [9.17, 15) is 4.79 Å². The molecule has 122 valence electrons. The maximum atomic E-state index is 13.2. The van der Waals surface area contributed by atoms with Crippen LogP contribution in [-0.2, 0) is 11.3 Å². The maximum Gasteiger partial charge on any atom is 0.230 e. The van der Waals surface area contributed by atoms with Gasteiger partial charge >= 0.3 is 0 Å². The molecule has 1 aromatic rings. The molecular formula is C18H27ClN2O. The summed E-state index contributed by atoms with van der Waals surface area (Å²) >= 11 is 0. The number of nitrogens with zero attached hydrogens (tertiary/aromatic N) is 1. The highest BCUT2D eigenvalue weighted by Gasteiger charge is 2.51. The van der Waals surface area contributed by atoms with Gasteiger partial charge in [0.1, 0.15) is 0 Å². The number of hydrogen-bond acceptors (Lipinski definition) is 2. The number of hydrogen-bond donors (Lipinski definition) is 1. The van der Waals surface area contributed by atoms with Crippen molar-refractivity contribution in [2.24, 2.45) is 11.3 Å². The van der Waals surface area contributed by atoms with Gasteiger partial charge in [0, 0.05) is 19.6 Å². The van der Waals surface area contributed by atoms with Crippen LogP contribution in [0.4, 0.5) is 0 Å². The minimum atomic E-state index is -0.122. The van der Waals surface area contributed by atoms with Crippen molar-refractivity contribution < 1.29 is 4.79 Å². The summed E-state index contributed by atoms with van der Waals surface area (Å²) < 4.78 is 0. The Morgan fingerprint density at radius 2 is 2.09 bits per heavy atom. The lowest BCUT2D eigenvalue weighted by Gasteiger charge is -2.40. The van der Waals surface area contributed by atoms with Gasteiger partial charge in [-0.05, 0) is 37.8 Å². The molecule has 0 radical (unpaired) electrons. The second-order valence-corrected chi connectivity index (χ2v) is 6.53. The van der Waals surface area contributed by atoms with E-state index in [4.69, 9.17) is 0 Å². The van der Waals surface area contributed by atoms with Crippen molar-refractivity contribution in [2.75, 3.05) is 19.6 Å². The van der Waals surface area contributed by atoms with Crippen molar-refractivity contribution >= 4 is 18.3 Å². The molecule has 2 fully saturated rings. The van der Waals surface area contributed by atoms with E-state index in [0.29, 0.717) is 11.8 Å². The number of amides is 1. The fraction of sp³-hybridized carbons (Fsp3) is 0.611. The molecule has 2 aliphatic rings. The summed E-state index contributed by atoms with van der Waals surface area (Å²) in [6.07, 6.45) is 4.76. The molecule has 3 nitrogen and oxygen atoms in total. The zero-order chi connectivity index (χ0) is 14.7. The van der Waals surface area contributed by atoms with Gasteiger partial charge < -0.3 is 10.2 Å². The van der Waals surface area contributed by atoms with E-state index in [1.807, 2.05) is 18.2 Å². The molecule has 1 N–H and O–H groups in total. The van der Waals surface area contributed by atoms with Gasteiger partial charge in [-0.15, -0.1) is 12.4 Å². The van der Waals surface area contributed by atoms with Gasteiger partial charge in [0.15, 0.2) is 0 Å². The first-order chi connectivity index (χ1) is 10.3. The van der Waals surface area contributed by atoms with Crippen LogP contribution >= 0.6 is 12.4 Å². The second kappa shape index (κ2) is 7.47. The lowest BCUT2D eigenvalue weighted by atomic mass is 9.67. The molecule has 1 saturated heterocycles. The zero-order valence-corrected chi connectivity index (χ0v) is 14.2. The third-order valence-corrected chi connectivity index (χ3v) is 5.35. The van der Waals surface area contributed by atoms with Gasteiger partial charge in [-0.1, -0.05) is 43.2 Å². The van der Waals surface area contributed by atoms with E-state index in [1.54, 1.807) is 0 Å². The topological polar surface area (TPSA) is 32.3 Å². The molecule has 0 aromatic heterocycles. The van der Waals surface area contributed by atoms with Crippen molar-refractivity contribution in [3.05, 3.63) is 35.9 Å². The third kappa shape index (κ3) is 3.16. The monoisotopic (exact) mass is 322 g/mol. The Morgan fingerprint density at radius 3 is 2.82 bits per heavy atom. The van der Waals surface area contributed by atoms with Gasteiger partial charge in [0.05, 0.1) is 5.41 Å². The lowest BCUT2D eigenvalue weighted by molar-refractivity contribution is -0.145. The summed E-state index contributed by atoms with van der Waals surface area (Å²) in [5.41, 5.74) is 1.10. The quantitative estimate of drug-likeness (QED) is 0.923. The first-order valence-corrected chi connectivity index (χ1v) is 8.30. The van der Waals surface area contributed by atoms with Crippen LogP contribution < -0.4 is 5.32 Å². The number of nitrogens with one attached hydrogen (secondary N) is 1. The number of carbonyl (C=O) groups is 1. The number of halogens is 1. The molecule has 1 aromatic carbocycles. The van der Waals surface area contributed by atoms with Crippen LogP contribution in [-0.4, -0.2) is 30.4 Å². The third-order valence-electron chi connectivity index (χ3n) is 5.35. The highest BCUT2D eigenvalue weighted by atomic mass is 35.5.